The van der Waals surface area contributed by atoms with E-state index in [0.717, 1.165) is 13.2 Å². The summed E-state index contributed by atoms with van der Waals surface area (Å²) in [7, 11) is -1.60. The second-order valence-corrected chi connectivity index (χ2v) is 10.1. The zero-order chi connectivity index (χ0) is 11.5. The van der Waals surface area contributed by atoms with Crippen LogP contribution in [0.1, 0.15) is 20.8 Å². The molecular formula is C10H21N3OSi. The van der Waals surface area contributed by atoms with Gasteiger partial charge in [0.1, 0.15) is 12.7 Å². The van der Waals surface area contributed by atoms with Gasteiger partial charge >= 0.3 is 0 Å². The van der Waals surface area contributed by atoms with Crippen LogP contribution >= 0.6 is 0 Å². The molecule has 0 amide bonds. The van der Waals surface area contributed by atoms with Gasteiger partial charge in [-0.3, -0.25) is 4.68 Å². The molecule has 0 fully saturated rings. The molecule has 0 spiro atoms. The average molecular weight is 227 g/mol. The molecule has 0 saturated heterocycles. The van der Waals surface area contributed by atoms with Crippen LogP contribution in [0.5, 0.6) is 0 Å². The van der Waals surface area contributed by atoms with Gasteiger partial charge in [-0.1, -0.05) is 20.8 Å². The summed E-state index contributed by atoms with van der Waals surface area (Å²) in [6.07, 6.45) is 3.27. The van der Waals surface area contributed by atoms with Crippen LogP contribution in [0.2, 0.25) is 18.1 Å². The molecule has 0 saturated carbocycles. The van der Waals surface area contributed by atoms with Gasteiger partial charge < -0.3 is 4.43 Å². The van der Waals surface area contributed by atoms with E-state index in [2.05, 4.69) is 43.9 Å². The van der Waals surface area contributed by atoms with E-state index in [9.17, 15) is 0 Å². The van der Waals surface area contributed by atoms with E-state index in [-0.39, 0.29) is 5.04 Å². The highest BCUT2D eigenvalue weighted by atomic mass is 28.4. The topological polar surface area (TPSA) is 39.9 Å². The fourth-order valence-electron chi connectivity index (χ4n) is 0.959. The summed E-state index contributed by atoms with van der Waals surface area (Å²) in [5, 5.41) is 4.31. The van der Waals surface area contributed by atoms with Crippen LogP contribution in [0.25, 0.3) is 0 Å². The van der Waals surface area contributed by atoms with E-state index in [1.54, 1.807) is 17.3 Å². The second kappa shape index (κ2) is 4.45. The highest BCUT2D eigenvalue weighted by molar-refractivity contribution is 6.74. The average Bonchev–Trinajstić information content (AvgIpc) is 2.54. The zero-order valence-corrected chi connectivity index (χ0v) is 11.3. The minimum absolute atomic E-state index is 0.273. The summed E-state index contributed by atoms with van der Waals surface area (Å²) >= 11 is 0. The van der Waals surface area contributed by atoms with Crippen molar-refractivity contribution in [1.29, 1.82) is 0 Å². The molecular weight excluding hydrogens is 206 g/mol. The van der Waals surface area contributed by atoms with Crippen molar-refractivity contribution in [2.75, 3.05) is 6.61 Å². The largest absolute Gasteiger partial charge is 0.415 e. The summed E-state index contributed by atoms with van der Waals surface area (Å²) in [6.45, 7) is 12.8. The highest BCUT2D eigenvalue weighted by Crippen LogP contribution is 2.36. The lowest BCUT2D eigenvalue weighted by Gasteiger charge is -2.36. The molecule has 0 aliphatic carbocycles. The van der Waals surface area contributed by atoms with Crippen molar-refractivity contribution >= 4 is 8.32 Å². The van der Waals surface area contributed by atoms with Crippen molar-refractivity contribution in [3.8, 4) is 0 Å². The monoisotopic (exact) mass is 227 g/mol. The van der Waals surface area contributed by atoms with Gasteiger partial charge in [0.2, 0.25) is 0 Å². The molecule has 1 aromatic heterocycles. The Morgan fingerprint density at radius 2 is 2.00 bits per heavy atom. The van der Waals surface area contributed by atoms with Crippen molar-refractivity contribution in [1.82, 2.24) is 14.8 Å². The summed E-state index contributed by atoms with van der Waals surface area (Å²) in [5.74, 6) is 0. The van der Waals surface area contributed by atoms with Crippen molar-refractivity contribution in [2.45, 2.75) is 45.4 Å². The first-order chi connectivity index (χ1) is 6.83. The number of rotatable bonds is 4. The summed E-state index contributed by atoms with van der Waals surface area (Å²) in [5.41, 5.74) is 0. The van der Waals surface area contributed by atoms with Crippen LogP contribution in [0, 0.1) is 0 Å². The molecule has 0 aliphatic rings. The molecule has 5 heteroatoms. The zero-order valence-electron chi connectivity index (χ0n) is 10.3. The van der Waals surface area contributed by atoms with Crippen LogP contribution in [-0.4, -0.2) is 29.7 Å². The third-order valence-corrected chi connectivity index (χ3v) is 7.59. The minimum Gasteiger partial charge on any atom is -0.415 e. The maximum Gasteiger partial charge on any atom is 0.192 e. The van der Waals surface area contributed by atoms with E-state index < -0.39 is 8.32 Å². The Morgan fingerprint density at radius 1 is 1.33 bits per heavy atom. The van der Waals surface area contributed by atoms with E-state index in [1.807, 2.05) is 0 Å². The number of hydrogen-bond acceptors (Lipinski definition) is 3. The van der Waals surface area contributed by atoms with Crippen LogP contribution in [0.3, 0.4) is 0 Å². The Balaban J connectivity index is 2.37. The van der Waals surface area contributed by atoms with Crippen LogP contribution in [0.15, 0.2) is 12.7 Å². The normalized spacial score (nSPS) is 13.1. The van der Waals surface area contributed by atoms with Crippen LogP contribution < -0.4 is 0 Å². The molecule has 1 aromatic rings. The Morgan fingerprint density at radius 3 is 2.47 bits per heavy atom. The molecule has 15 heavy (non-hydrogen) atoms. The molecule has 0 aliphatic heterocycles. The van der Waals surface area contributed by atoms with Crippen molar-refractivity contribution in [3.63, 3.8) is 0 Å². The molecule has 1 heterocycles. The van der Waals surface area contributed by atoms with Gasteiger partial charge in [-0.15, -0.1) is 0 Å². The van der Waals surface area contributed by atoms with Crippen molar-refractivity contribution < 1.29 is 4.43 Å². The molecule has 4 nitrogen and oxygen atoms in total. The number of nitrogens with zero attached hydrogens (tertiary/aromatic N) is 3. The molecule has 0 aromatic carbocycles. The SMILES string of the molecule is CC(C)(C)[Si](C)(C)OCCn1cncn1. The van der Waals surface area contributed by atoms with Gasteiger partial charge in [-0.2, -0.15) is 5.10 Å². The van der Waals surface area contributed by atoms with Crippen LogP contribution in [0.4, 0.5) is 0 Å². The highest BCUT2D eigenvalue weighted by Gasteiger charge is 2.36. The van der Waals surface area contributed by atoms with Crippen molar-refractivity contribution in [3.05, 3.63) is 12.7 Å². The molecule has 0 N–H and O–H groups in total. The summed E-state index contributed by atoms with van der Waals surface area (Å²) in [4.78, 5) is 3.89. The molecule has 0 bridgehead atoms. The molecule has 86 valence electrons. The molecule has 0 unspecified atom stereocenters. The quantitative estimate of drug-likeness (QED) is 0.741. The van der Waals surface area contributed by atoms with E-state index in [0.29, 0.717) is 0 Å². The third-order valence-electron chi connectivity index (χ3n) is 3.06. The molecule has 0 atom stereocenters. The number of hydrogen-bond donors (Lipinski definition) is 0. The van der Waals surface area contributed by atoms with Gasteiger partial charge in [-0.25, -0.2) is 4.98 Å². The first kappa shape index (κ1) is 12.4. The van der Waals surface area contributed by atoms with E-state index >= 15 is 0 Å². The summed E-state index contributed by atoms with van der Waals surface area (Å²) < 4.78 is 7.82. The van der Waals surface area contributed by atoms with Crippen molar-refractivity contribution in [2.24, 2.45) is 0 Å². The van der Waals surface area contributed by atoms with Gasteiger partial charge in [-0.05, 0) is 18.1 Å². The fraction of sp³-hybridized carbons (Fsp3) is 0.800. The lowest BCUT2D eigenvalue weighted by atomic mass is 10.2. The maximum atomic E-state index is 6.02. The van der Waals surface area contributed by atoms with Gasteiger partial charge in [0.05, 0.1) is 13.2 Å². The molecule has 0 radical (unpaired) electrons. The maximum absolute atomic E-state index is 6.02. The number of aromatic nitrogens is 3. The molecule has 1 rings (SSSR count). The first-order valence-electron chi connectivity index (χ1n) is 5.29. The van der Waals surface area contributed by atoms with E-state index in [4.69, 9.17) is 4.43 Å². The van der Waals surface area contributed by atoms with Gasteiger partial charge in [0.25, 0.3) is 0 Å². The van der Waals surface area contributed by atoms with Gasteiger partial charge in [0.15, 0.2) is 8.32 Å². The van der Waals surface area contributed by atoms with Gasteiger partial charge in [0, 0.05) is 0 Å². The van der Waals surface area contributed by atoms with E-state index in [1.165, 1.54) is 0 Å². The smallest absolute Gasteiger partial charge is 0.192 e. The lowest BCUT2D eigenvalue weighted by molar-refractivity contribution is 0.266. The third kappa shape index (κ3) is 3.42. The van der Waals surface area contributed by atoms with Crippen LogP contribution in [-0.2, 0) is 11.0 Å². The second-order valence-electron chi connectivity index (χ2n) is 5.27. The Kier molecular flexibility index (Phi) is 3.67. The Bertz CT molecular complexity index is 290. The predicted molar refractivity (Wildman–Crippen MR) is 63.2 cm³/mol. The predicted octanol–water partition coefficient (Wildman–Crippen LogP) is 2.30. The fourth-order valence-corrected chi connectivity index (χ4v) is 1.99. The summed E-state index contributed by atoms with van der Waals surface area (Å²) in [6, 6.07) is 0. The lowest BCUT2D eigenvalue weighted by Crippen LogP contribution is -2.41. The minimum atomic E-state index is -1.60. The standard InChI is InChI=1S/C10H21N3OSi/c1-10(2,3)15(4,5)14-7-6-13-9-11-8-12-13/h8-9H,6-7H2,1-5H3. The first-order valence-corrected chi connectivity index (χ1v) is 8.20. The Hall–Kier alpha value is -0.683. The Labute approximate surface area is 92.8 Å².